The molecule has 0 aromatic carbocycles. The van der Waals surface area contributed by atoms with Crippen molar-refractivity contribution in [3.05, 3.63) is 46.6 Å². The largest absolute Gasteiger partial charge is 0.469 e. The van der Waals surface area contributed by atoms with Crippen LogP contribution in [0.5, 0.6) is 0 Å². The number of ketones is 1. The molecule has 0 aromatic rings. The lowest BCUT2D eigenvalue weighted by Gasteiger charge is -2.52. The first-order chi connectivity index (χ1) is 19.2. The zero-order valence-corrected chi connectivity index (χ0v) is 24.1. The molecule has 220 valence electrons. The van der Waals surface area contributed by atoms with Gasteiger partial charge >= 0.3 is 23.9 Å². The molecule has 1 unspecified atom stereocenters. The fourth-order valence-electron chi connectivity index (χ4n) is 7.92. The molecule has 3 aliphatic carbocycles. The van der Waals surface area contributed by atoms with Crippen molar-refractivity contribution >= 4 is 29.7 Å². The third-order valence-electron chi connectivity index (χ3n) is 10.3. The number of hydrogen-bond donors (Lipinski definition) is 1. The summed E-state index contributed by atoms with van der Waals surface area (Å²) in [5.41, 5.74) is -1.18. The van der Waals surface area contributed by atoms with Gasteiger partial charge in [-0.05, 0) is 49.8 Å². The van der Waals surface area contributed by atoms with Crippen molar-refractivity contribution in [2.24, 2.45) is 28.1 Å². The summed E-state index contributed by atoms with van der Waals surface area (Å²) in [6.45, 7) is 8.81. The van der Waals surface area contributed by atoms with Crippen LogP contribution in [-0.4, -0.2) is 60.4 Å². The van der Waals surface area contributed by atoms with E-state index in [1.807, 2.05) is 13.0 Å². The average Bonchev–Trinajstić information content (AvgIpc) is 3.37. The van der Waals surface area contributed by atoms with Gasteiger partial charge in [0, 0.05) is 39.9 Å². The van der Waals surface area contributed by atoms with Gasteiger partial charge in [-0.3, -0.25) is 14.4 Å². The minimum absolute atomic E-state index is 0.0000167. The van der Waals surface area contributed by atoms with Crippen LogP contribution in [0.15, 0.2) is 46.6 Å². The molecule has 0 radical (unpaired) electrons. The summed E-state index contributed by atoms with van der Waals surface area (Å²) in [6.07, 6.45) is 3.69. The fraction of sp³-hybridized carbons (Fsp3) is 0.581. The van der Waals surface area contributed by atoms with Crippen LogP contribution in [0.25, 0.3) is 0 Å². The summed E-state index contributed by atoms with van der Waals surface area (Å²) in [6, 6.07) is 0. The van der Waals surface area contributed by atoms with E-state index in [0.717, 1.165) is 6.08 Å². The third-order valence-corrected chi connectivity index (χ3v) is 10.3. The molecule has 10 heteroatoms. The predicted molar refractivity (Wildman–Crippen MR) is 142 cm³/mol. The molecule has 1 saturated carbocycles. The van der Waals surface area contributed by atoms with Gasteiger partial charge in [0.1, 0.15) is 18.0 Å². The molecular weight excluding hydrogens is 532 g/mol. The van der Waals surface area contributed by atoms with E-state index < -0.39 is 70.5 Å². The van der Waals surface area contributed by atoms with E-state index >= 15 is 0 Å². The lowest BCUT2D eigenvalue weighted by Crippen LogP contribution is -2.54. The first kappa shape index (κ1) is 29.0. The molecule has 2 bridgehead atoms. The predicted octanol–water partition coefficient (Wildman–Crippen LogP) is 3.04. The molecule has 2 fully saturated rings. The summed E-state index contributed by atoms with van der Waals surface area (Å²) in [5.74, 6) is -3.92. The Kier molecular flexibility index (Phi) is 6.92. The van der Waals surface area contributed by atoms with Crippen molar-refractivity contribution in [3.63, 3.8) is 0 Å². The van der Waals surface area contributed by atoms with Gasteiger partial charge in [0.05, 0.1) is 19.4 Å². The number of aliphatic hydroxyl groups excluding tert-OH is 1. The van der Waals surface area contributed by atoms with Crippen LogP contribution in [0.2, 0.25) is 0 Å². The Balaban J connectivity index is 1.73. The smallest absolute Gasteiger partial charge is 0.333 e. The van der Waals surface area contributed by atoms with Crippen molar-refractivity contribution in [1.29, 1.82) is 0 Å². The van der Waals surface area contributed by atoms with Crippen molar-refractivity contribution in [2.75, 3.05) is 7.11 Å². The summed E-state index contributed by atoms with van der Waals surface area (Å²) < 4.78 is 21.8. The zero-order valence-electron chi connectivity index (χ0n) is 24.1. The number of fused-ring (bicyclic) bond motifs is 5. The molecule has 5 aliphatic rings. The summed E-state index contributed by atoms with van der Waals surface area (Å²) >= 11 is 0. The highest BCUT2D eigenvalue weighted by Crippen LogP contribution is 2.65. The van der Waals surface area contributed by atoms with Gasteiger partial charge in [-0.2, -0.15) is 0 Å². The third kappa shape index (κ3) is 4.13. The zero-order chi connectivity index (χ0) is 30.1. The Bertz CT molecular complexity index is 1370. The van der Waals surface area contributed by atoms with E-state index in [1.165, 1.54) is 7.11 Å². The molecule has 1 N–H and O–H groups in total. The first-order valence-corrected chi connectivity index (χ1v) is 13.9. The quantitative estimate of drug-likeness (QED) is 0.305. The Morgan fingerprint density at radius 2 is 1.85 bits per heavy atom. The molecule has 2 aliphatic heterocycles. The Labute approximate surface area is 238 Å². The number of allylic oxidation sites excluding steroid dienone is 3. The number of methoxy groups -OCH3 is 1. The van der Waals surface area contributed by atoms with Gasteiger partial charge in [-0.1, -0.05) is 32.9 Å². The number of cyclic esters (lactones) is 2. The number of rotatable bonds is 4. The van der Waals surface area contributed by atoms with Gasteiger partial charge in [-0.15, -0.1) is 0 Å². The van der Waals surface area contributed by atoms with Gasteiger partial charge in [-0.25, -0.2) is 9.59 Å². The van der Waals surface area contributed by atoms with E-state index in [-0.39, 0.29) is 24.2 Å². The van der Waals surface area contributed by atoms with E-state index in [1.54, 1.807) is 39.8 Å². The van der Waals surface area contributed by atoms with Crippen molar-refractivity contribution < 1.29 is 48.0 Å². The normalized spacial score (nSPS) is 40.9. The van der Waals surface area contributed by atoms with Crippen LogP contribution in [0, 0.1) is 28.1 Å². The Morgan fingerprint density at radius 1 is 1.15 bits per heavy atom. The van der Waals surface area contributed by atoms with Crippen LogP contribution in [0.3, 0.4) is 0 Å². The number of ether oxygens (including phenoxy) is 4. The highest BCUT2D eigenvalue weighted by atomic mass is 16.6. The lowest BCUT2D eigenvalue weighted by atomic mass is 9.52. The molecule has 8 atom stereocenters. The number of esters is 4. The summed E-state index contributed by atoms with van der Waals surface area (Å²) in [7, 11) is 1.28. The number of aliphatic hydroxyl groups is 1. The Morgan fingerprint density at radius 3 is 2.46 bits per heavy atom. The molecule has 0 spiro atoms. The van der Waals surface area contributed by atoms with Gasteiger partial charge in [0.15, 0.2) is 0 Å². The van der Waals surface area contributed by atoms with Crippen LogP contribution >= 0.6 is 0 Å². The van der Waals surface area contributed by atoms with Crippen molar-refractivity contribution in [1.82, 2.24) is 0 Å². The molecule has 1 saturated heterocycles. The monoisotopic (exact) mass is 568 g/mol. The molecule has 0 aromatic heterocycles. The van der Waals surface area contributed by atoms with Gasteiger partial charge in [0.2, 0.25) is 6.29 Å². The van der Waals surface area contributed by atoms with E-state index in [9.17, 15) is 29.1 Å². The van der Waals surface area contributed by atoms with E-state index in [4.69, 9.17) is 18.9 Å². The maximum absolute atomic E-state index is 14.1. The SMILES string of the molecule is C/C=C(\C)C(=O)O[C@@H]1/C=C\C2=C3CC(=O)O[C@@H](C4=CC(=O)OC4O)[C@]3(C)CC[C@@H]2[C@]2(C)C(=O)C[C@@]1(C)[C@@H]2C(=O)OC. The molecule has 2 heterocycles. The van der Waals surface area contributed by atoms with Crippen LogP contribution in [0.4, 0.5) is 0 Å². The molecule has 10 nitrogen and oxygen atoms in total. The Hall–Kier alpha value is -3.53. The molecular formula is C31H36O10. The fourth-order valence-corrected chi connectivity index (χ4v) is 7.92. The molecule has 0 amide bonds. The summed E-state index contributed by atoms with van der Waals surface area (Å²) in [4.78, 5) is 65.5. The van der Waals surface area contributed by atoms with Crippen LogP contribution < -0.4 is 0 Å². The van der Waals surface area contributed by atoms with Crippen molar-refractivity contribution in [3.8, 4) is 0 Å². The van der Waals surface area contributed by atoms with Crippen LogP contribution in [-0.2, 0) is 42.9 Å². The number of carbonyl (C=O) groups is 5. The number of carbonyl (C=O) groups excluding carboxylic acids is 5. The topological polar surface area (TPSA) is 142 Å². The highest BCUT2D eigenvalue weighted by molar-refractivity contribution is 5.96. The average molecular weight is 569 g/mol. The number of hydrogen-bond acceptors (Lipinski definition) is 10. The number of Topliss-reactive ketones (excluding diaryl/α,β-unsaturated/α-hetero) is 1. The van der Waals surface area contributed by atoms with Gasteiger partial charge < -0.3 is 24.1 Å². The second kappa shape index (κ2) is 9.79. The highest BCUT2D eigenvalue weighted by Gasteiger charge is 2.69. The van der Waals surface area contributed by atoms with Crippen molar-refractivity contribution in [2.45, 2.75) is 78.8 Å². The van der Waals surface area contributed by atoms with Gasteiger partial charge in [0.25, 0.3) is 0 Å². The minimum Gasteiger partial charge on any atom is -0.469 e. The first-order valence-electron chi connectivity index (χ1n) is 13.9. The van der Waals surface area contributed by atoms with E-state index in [2.05, 4.69) is 0 Å². The standard InChI is InChI=1S/C31H36O10/c1-7-15(2)26(35)39-21-9-8-16-18(31(5)20(32)14-30(21,4)24(31)28(37)38-6)10-11-29(3)19(16)13-23(34)40-25(29)17-12-22(33)41-27(17)36/h7-9,12,18,21,24-25,27,36H,10-11,13-14H2,1-6H3/b9-8-,15-7+/t18-,21+,24-,25-,27?,29+,30+,31+/m0/s1. The van der Waals surface area contributed by atoms with Crippen LogP contribution in [0.1, 0.15) is 60.3 Å². The molecule has 41 heavy (non-hydrogen) atoms. The van der Waals surface area contributed by atoms with E-state index in [0.29, 0.717) is 29.6 Å². The maximum atomic E-state index is 14.1. The summed E-state index contributed by atoms with van der Waals surface area (Å²) in [5, 5.41) is 10.4. The molecule has 5 rings (SSSR count). The second-order valence-electron chi connectivity index (χ2n) is 12.4. The lowest BCUT2D eigenvalue weighted by molar-refractivity contribution is -0.167. The maximum Gasteiger partial charge on any atom is 0.333 e. The second-order valence-corrected chi connectivity index (χ2v) is 12.4. The minimum atomic E-state index is -1.54.